The summed E-state index contributed by atoms with van der Waals surface area (Å²) in [6.45, 7) is 1.28. The highest BCUT2D eigenvalue weighted by atomic mass is 16.3. The summed E-state index contributed by atoms with van der Waals surface area (Å²) in [6, 6.07) is -1.21. The van der Waals surface area contributed by atoms with Crippen LogP contribution in [0.3, 0.4) is 0 Å². The topological polar surface area (TPSA) is 69.6 Å². The zero-order chi connectivity index (χ0) is 9.30. The summed E-state index contributed by atoms with van der Waals surface area (Å²) in [5.41, 5.74) is 0. The predicted molar refractivity (Wildman–Crippen MR) is 41.2 cm³/mol. The van der Waals surface area contributed by atoms with Gasteiger partial charge in [-0.15, -0.1) is 0 Å². The number of hydrogen-bond donors (Lipinski definition) is 2. The number of nitrogens with zero attached hydrogens (tertiary/aromatic N) is 1. The Morgan fingerprint density at radius 2 is 2.17 bits per heavy atom. The number of piperazine rings is 1. The molecule has 5 heteroatoms. The zero-order valence-electron chi connectivity index (χ0n) is 7.07. The molecule has 0 spiro atoms. The molecule has 0 saturated carbocycles. The molecule has 68 valence electrons. The molecule has 0 radical (unpaired) electrons. The number of aliphatic hydroxyl groups excluding tert-OH is 1. The highest BCUT2D eigenvalue weighted by Gasteiger charge is 2.35. The Morgan fingerprint density at radius 3 is 2.67 bits per heavy atom. The van der Waals surface area contributed by atoms with Crippen molar-refractivity contribution in [2.75, 3.05) is 13.7 Å². The lowest BCUT2D eigenvalue weighted by Crippen LogP contribution is -2.62. The maximum Gasteiger partial charge on any atom is 0.245 e. The SMILES string of the molecule is C[C@H]1NC(=O)[C@@H](CO)N(C)C1=O. The van der Waals surface area contributed by atoms with E-state index in [9.17, 15) is 9.59 Å². The van der Waals surface area contributed by atoms with Crippen LogP contribution in [0.4, 0.5) is 0 Å². The third-order valence-corrected chi connectivity index (χ3v) is 2.02. The van der Waals surface area contributed by atoms with Crippen molar-refractivity contribution in [3.8, 4) is 0 Å². The van der Waals surface area contributed by atoms with E-state index in [4.69, 9.17) is 5.11 Å². The molecule has 0 aromatic rings. The second-order valence-corrected chi connectivity index (χ2v) is 2.88. The average molecular weight is 172 g/mol. The molecule has 2 atom stereocenters. The van der Waals surface area contributed by atoms with Crippen LogP contribution in [0.2, 0.25) is 0 Å². The van der Waals surface area contributed by atoms with Crippen LogP contribution in [0.15, 0.2) is 0 Å². The molecule has 0 unspecified atom stereocenters. The van der Waals surface area contributed by atoms with Gasteiger partial charge in [-0.25, -0.2) is 0 Å². The van der Waals surface area contributed by atoms with E-state index in [2.05, 4.69) is 5.32 Å². The van der Waals surface area contributed by atoms with E-state index in [1.165, 1.54) is 11.9 Å². The molecular formula is C7H12N2O3. The second-order valence-electron chi connectivity index (χ2n) is 2.88. The lowest BCUT2D eigenvalue weighted by Gasteiger charge is -2.33. The zero-order valence-corrected chi connectivity index (χ0v) is 7.07. The molecule has 1 aliphatic rings. The van der Waals surface area contributed by atoms with Gasteiger partial charge in [0, 0.05) is 7.05 Å². The number of amides is 2. The number of rotatable bonds is 1. The van der Waals surface area contributed by atoms with E-state index < -0.39 is 12.1 Å². The average Bonchev–Trinajstić information content (AvgIpc) is 2.01. The normalized spacial score (nSPS) is 30.4. The standard InChI is InChI=1S/C7H12N2O3/c1-4-7(12)9(2)5(3-10)6(11)8-4/h4-5,10H,3H2,1-2H3,(H,8,11)/t4-,5-/m1/s1. The molecule has 2 N–H and O–H groups in total. The first kappa shape index (κ1) is 8.99. The van der Waals surface area contributed by atoms with Gasteiger partial charge >= 0.3 is 0 Å². The van der Waals surface area contributed by atoms with Gasteiger partial charge < -0.3 is 15.3 Å². The maximum absolute atomic E-state index is 11.2. The molecule has 5 nitrogen and oxygen atoms in total. The number of nitrogens with one attached hydrogen (secondary N) is 1. The first-order valence-electron chi connectivity index (χ1n) is 3.76. The Kier molecular flexibility index (Phi) is 2.32. The van der Waals surface area contributed by atoms with Gasteiger partial charge in [0.1, 0.15) is 12.1 Å². The number of likely N-dealkylation sites (N-methyl/N-ethyl adjacent to an activating group) is 1. The first-order chi connectivity index (χ1) is 5.57. The summed E-state index contributed by atoms with van der Waals surface area (Å²) >= 11 is 0. The Balaban J connectivity index is 2.79. The monoisotopic (exact) mass is 172 g/mol. The van der Waals surface area contributed by atoms with Gasteiger partial charge in [0.25, 0.3) is 0 Å². The molecular weight excluding hydrogens is 160 g/mol. The Bertz CT molecular complexity index is 217. The van der Waals surface area contributed by atoms with Gasteiger partial charge in [-0.2, -0.15) is 0 Å². The van der Waals surface area contributed by atoms with Crippen LogP contribution >= 0.6 is 0 Å². The molecule has 0 aliphatic carbocycles. The van der Waals surface area contributed by atoms with Gasteiger partial charge in [0.2, 0.25) is 11.8 Å². The summed E-state index contributed by atoms with van der Waals surface area (Å²) in [5.74, 6) is -0.472. The van der Waals surface area contributed by atoms with Gasteiger partial charge in [-0.05, 0) is 6.92 Å². The summed E-state index contributed by atoms with van der Waals surface area (Å²) < 4.78 is 0. The van der Waals surface area contributed by atoms with E-state index in [0.29, 0.717) is 0 Å². The molecule has 0 aromatic carbocycles. The maximum atomic E-state index is 11.2. The van der Waals surface area contributed by atoms with Gasteiger partial charge in [-0.3, -0.25) is 9.59 Å². The molecule has 1 heterocycles. The number of hydrogen-bond acceptors (Lipinski definition) is 3. The van der Waals surface area contributed by atoms with Crippen molar-refractivity contribution in [1.82, 2.24) is 10.2 Å². The largest absolute Gasteiger partial charge is 0.394 e. The first-order valence-corrected chi connectivity index (χ1v) is 3.76. The Morgan fingerprint density at radius 1 is 1.58 bits per heavy atom. The van der Waals surface area contributed by atoms with Crippen molar-refractivity contribution in [1.29, 1.82) is 0 Å². The molecule has 1 fully saturated rings. The molecule has 0 bridgehead atoms. The quantitative estimate of drug-likeness (QED) is 0.496. The summed E-state index contributed by atoms with van der Waals surface area (Å²) in [7, 11) is 1.51. The van der Waals surface area contributed by atoms with Crippen molar-refractivity contribution in [2.45, 2.75) is 19.0 Å². The van der Waals surface area contributed by atoms with E-state index in [1.807, 2.05) is 0 Å². The van der Waals surface area contributed by atoms with Crippen LogP contribution in [0.5, 0.6) is 0 Å². The van der Waals surface area contributed by atoms with E-state index in [-0.39, 0.29) is 18.4 Å². The predicted octanol–water partition coefficient (Wildman–Crippen LogP) is -1.68. The number of carbonyl (C=O) groups excluding carboxylic acids is 2. The van der Waals surface area contributed by atoms with Crippen molar-refractivity contribution in [2.24, 2.45) is 0 Å². The molecule has 0 aromatic heterocycles. The number of carbonyl (C=O) groups is 2. The molecule has 12 heavy (non-hydrogen) atoms. The highest BCUT2D eigenvalue weighted by molar-refractivity contribution is 5.96. The minimum absolute atomic E-state index is 0.173. The van der Waals surface area contributed by atoms with Crippen LogP contribution in [0.25, 0.3) is 0 Å². The van der Waals surface area contributed by atoms with Crippen LogP contribution in [-0.2, 0) is 9.59 Å². The molecule has 1 saturated heterocycles. The van der Waals surface area contributed by atoms with Crippen molar-refractivity contribution in [3.63, 3.8) is 0 Å². The summed E-state index contributed by atoms with van der Waals surface area (Å²) in [4.78, 5) is 23.6. The molecule has 1 aliphatic heterocycles. The molecule has 2 amide bonds. The smallest absolute Gasteiger partial charge is 0.245 e. The number of aliphatic hydroxyl groups is 1. The fourth-order valence-corrected chi connectivity index (χ4v) is 1.21. The van der Waals surface area contributed by atoms with Crippen LogP contribution < -0.4 is 5.32 Å². The lowest BCUT2D eigenvalue weighted by molar-refractivity contribution is -0.148. The minimum atomic E-state index is -0.728. The van der Waals surface area contributed by atoms with Crippen molar-refractivity contribution >= 4 is 11.8 Å². The third-order valence-electron chi connectivity index (χ3n) is 2.02. The van der Waals surface area contributed by atoms with Gasteiger partial charge in [-0.1, -0.05) is 0 Å². The van der Waals surface area contributed by atoms with E-state index in [0.717, 1.165) is 0 Å². The second kappa shape index (κ2) is 3.10. The fourth-order valence-electron chi connectivity index (χ4n) is 1.21. The van der Waals surface area contributed by atoms with E-state index in [1.54, 1.807) is 6.92 Å². The molecule has 1 rings (SSSR count). The van der Waals surface area contributed by atoms with Crippen LogP contribution in [-0.4, -0.2) is 47.6 Å². The summed E-state index contributed by atoms with van der Waals surface area (Å²) in [6.07, 6.45) is 0. The lowest BCUT2D eigenvalue weighted by atomic mass is 10.1. The summed E-state index contributed by atoms with van der Waals surface area (Å²) in [5, 5.41) is 11.3. The van der Waals surface area contributed by atoms with E-state index >= 15 is 0 Å². The van der Waals surface area contributed by atoms with Crippen molar-refractivity contribution in [3.05, 3.63) is 0 Å². The Labute approximate surface area is 70.4 Å². The van der Waals surface area contributed by atoms with Crippen LogP contribution in [0.1, 0.15) is 6.92 Å². The van der Waals surface area contributed by atoms with Crippen molar-refractivity contribution < 1.29 is 14.7 Å². The Hall–Kier alpha value is -1.10. The third kappa shape index (κ3) is 1.27. The highest BCUT2D eigenvalue weighted by Crippen LogP contribution is 2.06. The van der Waals surface area contributed by atoms with Gasteiger partial charge in [0.15, 0.2) is 0 Å². The fraction of sp³-hybridized carbons (Fsp3) is 0.714. The van der Waals surface area contributed by atoms with Gasteiger partial charge in [0.05, 0.1) is 6.61 Å². The minimum Gasteiger partial charge on any atom is -0.394 e. The van der Waals surface area contributed by atoms with Crippen LogP contribution in [0, 0.1) is 0 Å².